The van der Waals surface area contributed by atoms with E-state index < -0.39 is 52.1 Å². The lowest BCUT2D eigenvalue weighted by Gasteiger charge is -2.44. The van der Waals surface area contributed by atoms with E-state index in [0.29, 0.717) is 22.4 Å². The van der Waals surface area contributed by atoms with Crippen LogP contribution in [0.25, 0.3) is 22.1 Å². The van der Waals surface area contributed by atoms with E-state index in [0.717, 1.165) is 0 Å². The van der Waals surface area contributed by atoms with Crippen molar-refractivity contribution >= 4 is 28.2 Å². The van der Waals surface area contributed by atoms with Gasteiger partial charge in [-0.1, -0.05) is 5.16 Å². The maximum Gasteiger partial charge on any atom is 0.255 e. The van der Waals surface area contributed by atoms with Gasteiger partial charge in [-0.25, -0.2) is 0 Å². The van der Waals surface area contributed by atoms with E-state index in [-0.39, 0.29) is 28.7 Å². The average Bonchev–Trinajstić information content (AvgIpc) is 3.20. The summed E-state index contributed by atoms with van der Waals surface area (Å²) in [5.74, 6) is -6.75. The number of Topliss-reactive ketones (excluding diaryl/α,β-unsaturated/α-hetero) is 2. The van der Waals surface area contributed by atoms with Crippen LogP contribution in [0.3, 0.4) is 0 Å². The van der Waals surface area contributed by atoms with Crippen molar-refractivity contribution in [3.8, 4) is 22.8 Å². The highest BCUT2D eigenvalue weighted by molar-refractivity contribution is 6.25. The number of primary amides is 1. The molecule has 34 heavy (non-hydrogen) atoms. The summed E-state index contributed by atoms with van der Waals surface area (Å²) in [6.45, 7) is 1.72. The Balaban J connectivity index is 1.82. The standard InChI is InChI=1S/C23H19N3O8/c1-7-4-13(34-26-7)9-2-3-12(27)15-10(9)5-8-6-11-17(24)19(29)16(22(25)32)21(31)23(11,33)20(30)14(8)18(15)28/h2-5,11,17,27-28,31,33H,6,24H2,1H3,(H2,25,32)/t11?,17-,23+/m1/s1. The van der Waals surface area contributed by atoms with Gasteiger partial charge in [0.15, 0.2) is 17.1 Å². The highest BCUT2D eigenvalue weighted by Crippen LogP contribution is 2.49. The normalized spacial score (nSPS) is 24.3. The molecule has 1 amide bonds. The number of hydrogen-bond donors (Lipinski definition) is 6. The molecule has 11 heteroatoms. The van der Waals surface area contributed by atoms with E-state index in [9.17, 15) is 34.8 Å². The van der Waals surface area contributed by atoms with E-state index in [4.69, 9.17) is 16.0 Å². The van der Waals surface area contributed by atoms with Crippen molar-refractivity contribution in [2.24, 2.45) is 17.4 Å². The summed E-state index contributed by atoms with van der Waals surface area (Å²) < 4.78 is 5.32. The molecule has 1 aromatic heterocycles. The number of nitrogens with zero attached hydrogens (tertiary/aromatic N) is 1. The number of carbonyl (C=O) groups is 3. The van der Waals surface area contributed by atoms with Gasteiger partial charge in [-0.2, -0.15) is 0 Å². The molecular formula is C23H19N3O8. The smallest absolute Gasteiger partial charge is 0.255 e. The first-order valence-corrected chi connectivity index (χ1v) is 10.2. The second-order valence-corrected chi connectivity index (χ2v) is 8.53. The summed E-state index contributed by atoms with van der Waals surface area (Å²) >= 11 is 0. The summed E-state index contributed by atoms with van der Waals surface area (Å²) in [6, 6.07) is 4.48. The molecule has 0 aliphatic heterocycles. The first-order valence-electron chi connectivity index (χ1n) is 10.2. The Morgan fingerprint density at radius 1 is 1.21 bits per heavy atom. The number of aliphatic hydroxyl groups excluding tert-OH is 1. The predicted octanol–water partition coefficient (Wildman–Crippen LogP) is 0.508. The van der Waals surface area contributed by atoms with Gasteiger partial charge in [0.05, 0.1) is 22.7 Å². The molecule has 3 atom stereocenters. The van der Waals surface area contributed by atoms with Crippen molar-refractivity contribution in [1.29, 1.82) is 0 Å². The summed E-state index contributed by atoms with van der Waals surface area (Å²) in [7, 11) is 0. The number of nitrogens with two attached hydrogens (primary N) is 2. The lowest BCUT2D eigenvalue weighted by atomic mass is 9.62. The second kappa shape index (κ2) is 6.89. The molecule has 8 N–H and O–H groups in total. The number of carbonyl (C=O) groups excluding carboxylic acids is 3. The Labute approximate surface area is 190 Å². The number of phenolic OH excluding ortho intramolecular Hbond substituents is 2. The minimum atomic E-state index is -2.77. The van der Waals surface area contributed by atoms with Crippen molar-refractivity contribution in [3.63, 3.8) is 0 Å². The van der Waals surface area contributed by atoms with Crippen LogP contribution < -0.4 is 11.5 Å². The highest BCUT2D eigenvalue weighted by Gasteiger charge is 2.60. The number of amides is 1. The lowest BCUT2D eigenvalue weighted by molar-refractivity contribution is -0.127. The van der Waals surface area contributed by atoms with Crippen LogP contribution in [0.5, 0.6) is 11.5 Å². The van der Waals surface area contributed by atoms with Gasteiger partial charge in [0.1, 0.15) is 22.8 Å². The lowest BCUT2D eigenvalue weighted by Crippen LogP contribution is -2.64. The van der Waals surface area contributed by atoms with Crippen LogP contribution in [0.4, 0.5) is 0 Å². The fraction of sp³-hybridized carbons (Fsp3) is 0.217. The Morgan fingerprint density at radius 3 is 2.53 bits per heavy atom. The molecule has 2 aliphatic rings. The fourth-order valence-electron chi connectivity index (χ4n) is 4.96. The van der Waals surface area contributed by atoms with E-state index in [1.54, 1.807) is 19.1 Å². The third-order valence-electron chi connectivity index (χ3n) is 6.61. The van der Waals surface area contributed by atoms with Crippen molar-refractivity contribution in [2.75, 3.05) is 0 Å². The molecule has 2 aliphatic carbocycles. The van der Waals surface area contributed by atoms with Gasteiger partial charge in [0, 0.05) is 22.9 Å². The zero-order chi connectivity index (χ0) is 24.7. The number of hydrogen-bond acceptors (Lipinski definition) is 10. The number of fused-ring (bicyclic) bond motifs is 3. The van der Waals surface area contributed by atoms with Gasteiger partial charge in [-0.3, -0.25) is 14.4 Å². The van der Waals surface area contributed by atoms with Crippen molar-refractivity contribution < 1.29 is 39.3 Å². The van der Waals surface area contributed by atoms with Crippen LogP contribution >= 0.6 is 0 Å². The maximum absolute atomic E-state index is 13.5. The number of rotatable bonds is 2. The quantitative estimate of drug-likeness (QED) is 0.289. The molecule has 5 rings (SSSR count). The average molecular weight is 465 g/mol. The summed E-state index contributed by atoms with van der Waals surface area (Å²) in [4.78, 5) is 37.9. The minimum Gasteiger partial charge on any atom is -0.508 e. The van der Waals surface area contributed by atoms with Gasteiger partial charge in [-0.15, -0.1) is 0 Å². The monoisotopic (exact) mass is 465 g/mol. The molecule has 0 spiro atoms. The second-order valence-electron chi connectivity index (χ2n) is 8.53. The molecule has 3 aromatic rings. The van der Waals surface area contributed by atoms with E-state index in [1.807, 2.05) is 0 Å². The third-order valence-corrected chi connectivity index (χ3v) is 6.61. The minimum absolute atomic E-state index is 0.101. The largest absolute Gasteiger partial charge is 0.508 e. The van der Waals surface area contributed by atoms with Crippen LogP contribution in [-0.4, -0.2) is 54.7 Å². The SMILES string of the molecule is Cc1cc(-c2ccc(O)c3c(O)c4c(cc23)CC2[C@@H](N)C(=O)C(C(N)=O)=C(O)[C@@]2(O)C4=O)on1. The Hall–Kier alpha value is -4.22. The van der Waals surface area contributed by atoms with Crippen molar-refractivity contribution in [3.05, 3.63) is 52.4 Å². The van der Waals surface area contributed by atoms with Gasteiger partial charge < -0.3 is 36.4 Å². The summed E-state index contributed by atoms with van der Waals surface area (Å²) in [6.07, 6.45) is -0.214. The third kappa shape index (κ3) is 2.59. The Kier molecular flexibility index (Phi) is 4.38. The molecule has 0 radical (unpaired) electrons. The van der Waals surface area contributed by atoms with Gasteiger partial charge in [-0.05, 0) is 37.1 Å². The van der Waals surface area contributed by atoms with Crippen LogP contribution in [0.1, 0.15) is 21.6 Å². The number of aryl methyl sites for hydroxylation is 1. The molecule has 174 valence electrons. The number of phenols is 2. The molecule has 0 saturated heterocycles. The Bertz CT molecular complexity index is 1490. The highest BCUT2D eigenvalue weighted by atomic mass is 16.5. The first kappa shape index (κ1) is 21.6. The molecule has 1 unspecified atom stereocenters. The van der Waals surface area contributed by atoms with E-state index >= 15 is 0 Å². The first-order chi connectivity index (χ1) is 16.0. The molecule has 11 nitrogen and oxygen atoms in total. The number of ketones is 2. The number of aromatic nitrogens is 1. The number of aliphatic hydroxyl groups is 2. The van der Waals surface area contributed by atoms with Crippen molar-refractivity contribution in [2.45, 2.75) is 25.0 Å². The Morgan fingerprint density at radius 2 is 1.91 bits per heavy atom. The molecular weight excluding hydrogens is 446 g/mol. The molecule has 1 heterocycles. The summed E-state index contributed by atoms with van der Waals surface area (Å²) in [5.41, 5.74) is 8.31. The molecule has 0 bridgehead atoms. The predicted molar refractivity (Wildman–Crippen MR) is 116 cm³/mol. The number of benzene rings is 2. The maximum atomic E-state index is 13.5. The molecule has 0 fully saturated rings. The fourth-order valence-corrected chi connectivity index (χ4v) is 4.96. The zero-order valence-electron chi connectivity index (χ0n) is 17.7. The summed E-state index contributed by atoms with van der Waals surface area (Å²) in [5, 5.41) is 47.5. The molecule has 0 saturated carbocycles. The van der Waals surface area contributed by atoms with E-state index in [2.05, 4.69) is 5.16 Å². The van der Waals surface area contributed by atoms with Gasteiger partial charge in [0.2, 0.25) is 5.78 Å². The zero-order valence-corrected chi connectivity index (χ0v) is 17.7. The van der Waals surface area contributed by atoms with E-state index in [1.165, 1.54) is 12.1 Å². The van der Waals surface area contributed by atoms with Crippen LogP contribution in [0.2, 0.25) is 0 Å². The van der Waals surface area contributed by atoms with Crippen molar-refractivity contribution in [1.82, 2.24) is 5.16 Å². The molecule has 2 aromatic carbocycles. The van der Waals surface area contributed by atoms with Gasteiger partial charge in [0.25, 0.3) is 5.91 Å². The van der Waals surface area contributed by atoms with Crippen LogP contribution in [0, 0.1) is 12.8 Å². The number of aromatic hydroxyl groups is 2. The topological polar surface area (TPSA) is 210 Å². The van der Waals surface area contributed by atoms with Crippen LogP contribution in [0.15, 0.2) is 40.1 Å². The van der Waals surface area contributed by atoms with Crippen LogP contribution in [-0.2, 0) is 16.0 Å². The van der Waals surface area contributed by atoms with Gasteiger partial charge >= 0.3 is 0 Å².